The molecule has 106 valence electrons. The van der Waals surface area contributed by atoms with Crippen LogP contribution in [0.25, 0.3) is 0 Å². The highest BCUT2D eigenvalue weighted by molar-refractivity contribution is 5.59. The molecule has 1 saturated carbocycles. The van der Waals surface area contributed by atoms with Gasteiger partial charge in [-0.3, -0.25) is 0 Å². The van der Waals surface area contributed by atoms with Crippen molar-refractivity contribution >= 4 is 11.6 Å². The summed E-state index contributed by atoms with van der Waals surface area (Å²) in [6.45, 7) is 5.37. The largest absolute Gasteiger partial charge is 0.394 e. The highest BCUT2D eigenvalue weighted by atomic mass is 16.3. The van der Waals surface area contributed by atoms with Gasteiger partial charge < -0.3 is 15.7 Å². The fourth-order valence-electron chi connectivity index (χ4n) is 2.13. The lowest BCUT2D eigenvalue weighted by Gasteiger charge is -2.19. The molecule has 3 N–H and O–H groups in total. The van der Waals surface area contributed by atoms with E-state index in [2.05, 4.69) is 34.4 Å². The minimum Gasteiger partial charge on any atom is -0.394 e. The zero-order chi connectivity index (χ0) is 13.7. The molecule has 5 nitrogen and oxygen atoms in total. The van der Waals surface area contributed by atoms with Gasteiger partial charge in [0, 0.05) is 12.1 Å². The van der Waals surface area contributed by atoms with Crippen molar-refractivity contribution in [3.05, 3.63) is 11.9 Å². The molecular formula is C14H24N4O. The van der Waals surface area contributed by atoms with Gasteiger partial charge in [0.15, 0.2) is 0 Å². The van der Waals surface area contributed by atoms with Crippen LogP contribution < -0.4 is 10.6 Å². The molecule has 0 aliphatic heterocycles. The molecule has 2 rings (SSSR count). The number of rotatable bonds is 8. The number of aliphatic hydroxyl groups is 1. The maximum absolute atomic E-state index is 9.43. The smallest absolute Gasteiger partial charge is 0.135 e. The van der Waals surface area contributed by atoms with Crippen molar-refractivity contribution in [2.75, 3.05) is 23.8 Å². The molecular weight excluding hydrogens is 240 g/mol. The molecule has 0 bridgehead atoms. The van der Waals surface area contributed by atoms with E-state index < -0.39 is 0 Å². The van der Waals surface area contributed by atoms with Crippen molar-refractivity contribution in [2.45, 2.75) is 51.5 Å². The summed E-state index contributed by atoms with van der Waals surface area (Å²) in [6.07, 6.45) is 6.67. The lowest BCUT2D eigenvalue weighted by Crippen LogP contribution is -2.27. The summed E-state index contributed by atoms with van der Waals surface area (Å²) in [6, 6.07) is 0. The molecule has 0 amide bonds. The van der Waals surface area contributed by atoms with E-state index >= 15 is 0 Å². The molecule has 0 spiro atoms. The molecule has 1 aliphatic rings. The molecule has 0 aromatic carbocycles. The zero-order valence-electron chi connectivity index (χ0n) is 11.9. The second-order valence-corrected chi connectivity index (χ2v) is 5.29. The van der Waals surface area contributed by atoms with Gasteiger partial charge in [0.05, 0.1) is 12.1 Å². The first kappa shape index (κ1) is 14.1. The van der Waals surface area contributed by atoms with Crippen molar-refractivity contribution in [1.82, 2.24) is 9.97 Å². The van der Waals surface area contributed by atoms with Crippen LogP contribution in [0.5, 0.6) is 0 Å². The van der Waals surface area contributed by atoms with Crippen molar-refractivity contribution in [2.24, 2.45) is 0 Å². The van der Waals surface area contributed by atoms with Crippen LogP contribution in [0.1, 0.15) is 45.1 Å². The Hall–Kier alpha value is -1.36. The van der Waals surface area contributed by atoms with Crippen LogP contribution in [0.15, 0.2) is 6.33 Å². The van der Waals surface area contributed by atoms with Crippen molar-refractivity contribution in [3.63, 3.8) is 0 Å². The van der Waals surface area contributed by atoms with Gasteiger partial charge in [-0.15, -0.1) is 0 Å². The lowest BCUT2D eigenvalue weighted by molar-refractivity contribution is 0.266. The van der Waals surface area contributed by atoms with Crippen LogP contribution in [0.3, 0.4) is 0 Å². The standard InChI is InChI=1S/C14H24N4O/c1-3-5-11-12(15-8-4-2)16-10-17-13(11)18-14(9-19)6-7-14/h10,19H,3-9H2,1-2H3,(H2,15,16,17,18). The number of hydrogen-bond acceptors (Lipinski definition) is 5. The van der Waals surface area contributed by atoms with E-state index in [1.54, 1.807) is 6.33 Å². The van der Waals surface area contributed by atoms with Crippen LogP contribution in [0.4, 0.5) is 11.6 Å². The van der Waals surface area contributed by atoms with Crippen LogP contribution in [-0.2, 0) is 6.42 Å². The van der Waals surface area contributed by atoms with Gasteiger partial charge in [0.1, 0.15) is 18.0 Å². The number of hydrogen-bond donors (Lipinski definition) is 3. The molecule has 1 heterocycles. The van der Waals surface area contributed by atoms with E-state index in [0.29, 0.717) is 0 Å². The third kappa shape index (κ3) is 3.35. The Bertz CT molecular complexity index is 418. The maximum atomic E-state index is 9.43. The molecule has 5 heteroatoms. The molecule has 0 unspecified atom stereocenters. The Morgan fingerprint density at radius 2 is 1.95 bits per heavy atom. The molecule has 1 fully saturated rings. The van der Waals surface area contributed by atoms with Gasteiger partial charge in [0.25, 0.3) is 0 Å². The lowest BCUT2D eigenvalue weighted by atomic mass is 10.1. The van der Waals surface area contributed by atoms with Gasteiger partial charge in [-0.2, -0.15) is 0 Å². The zero-order valence-corrected chi connectivity index (χ0v) is 11.9. The monoisotopic (exact) mass is 264 g/mol. The number of anilines is 2. The van der Waals surface area contributed by atoms with Gasteiger partial charge >= 0.3 is 0 Å². The molecule has 1 aromatic heterocycles. The van der Waals surface area contributed by atoms with Crippen LogP contribution in [-0.4, -0.2) is 33.8 Å². The average Bonchev–Trinajstić information content (AvgIpc) is 3.20. The second kappa shape index (κ2) is 6.19. The topological polar surface area (TPSA) is 70.1 Å². The van der Waals surface area contributed by atoms with E-state index in [9.17, 15) is 5.11 Å². The van der Waals surface area contributed by atoms with E-state index in [-0.39, 0.29) is 12.1 Å². The highest BCUT2D eigenvalue weighted by Gasteiger charge is 2.42. The predicted octanol–water partition coefficient (Wildman–Crippen LogP) is 2.19. The quantitative estimate of drug-likeness (QED) is 0.671. The molecule has 0 radical (unpaired) electrons. The van der Waals surface area contributed by atoms with E-state index in [4.69, 9.17) is 0 Å². The maximum Gasteiger partial charge on any atom is 0.135 e. The Morgan fingerprint density at radius 1 is 1.21 bits per heavy atom. The summed E-state index contributed by atoms with van der Waals surface area (Å²) in [7, 11) is 0. The van der Waals surface area contributed by atoms with Crippen LogP contribution in [0.2, 0.25) is 0 Å². The summed E-state index contributed by atoms with van der Waals surface area (Å²) < 4.78 is 0. The fraction of sp³-hybridized carbons (Fsp3) is 0.714. The highest BCUT2D eigenvalue weighted by Crippen LogP contribution is 2.39. The first-order valence-corrected chi connectivity index (χ1v) is 7.21. The van der Waals surface area contributed by atoms with Crippen molar-refractivity contribution < 1.29 is 5.11 Å². The Morgan fingerprint density at radius 3 is 2.53 bits per heavy atom. The molecule has 19 heavy (non-hydrogen) atoms. The first-order valence-electron chi connectivity index (χ1n) is 7.21. The average molecular weight is 264 g/mol. The first-order chi connectivity index (χ1) is 9.24. The minimum atomic E-state index is -0.140. The third-order valence-corrected chi connectivity index (χ3v) is 3.53. The summed E-state index contributed by atoms with van der Waals surface area (Å²) in [5, 5.41) is 16.2. The normalized spacial score (nSPS) is 16.2. The number of nitrogens with zero attached hydrogens (tertiary/aromatic N) is 2. The Balaban J connectivity index is 2.20. The van der Waals surface area contributed by atoms with Crippen LogP contribution in [0, 0.1) is 0 Å². The van der Waals surface area contributed by atoms with Gasteiger partial charge in [-0.1, -0.05) is 20.3 Å². The minimum absolute atomic E-state index is 0.140. The number of aliphatic hydroxyl groups excluding tert-OH is 1. The van der Waals surface area contributed by atoms with Gasteiger partial charge in [-0.05, 0) is 25.7 Å². The molecule has 1 aromatic rings. The number of aromatic nitrogens is 2. The summed E-state index contributed by atoms with van der Waals surface area (Å²) >= 11 is 0. The molecule has 0 saturated heterocycles. The SMILES string of the molecule is CCCNc1ncnc(NC2(CO)CC2)c1CCC. The van der Waals surface area contributed by atoms with Crippen molar-refractivity contribution in [3.8, 4) is 0 Å². The third-order valence-electron chi connectivity index (χ3n) is 3.53. The second-order valence-electron chi connectivity index (χ2n) is 5.29. The molecule has 1 aliphatic carbocycles. The van der Waals surface area contributed by atoms with E-state index in [1.165, 1.54) is 0 Å². The van der Waals surface area contributed by atoms with Gasteiger partial charge in [-0.25, -0.2) is 9.97 Å². The van der Waals surface area contributed by atoms with E-state index in [0.717, 1.165) is 55.8 Å². The molecule has 0 atom stereocenters. The Labute approximate surface area is 114 Å². The summed E-state index contributed by atoms with van der Waals surface area (Å²) in [5.74, 6) is 1.80. The van der Waals surface area contributed by atoms with Gasteiger partial charge in [0.2, 0.25) is 0 Å². The van der Waals surface area contributed by atoms with Crippen LogP contribution >= 0.6 is 0 Å². The Kier molecular flexibility index (Phi) is 4.58. The summed E-state index contributed by atoms with van der Waals surface area (Å²) in [4.78, 5) is 8.71. The number of nitrogens with one attached hydrogen (secondary N) is 2. The predicted molar refractivity (Wildman–Crippen MR) is 77.5 cm³/mol. The fourth-order valence-corrected chi connectivity index (χ4v) is 2.13. The van der Waals surface area contributed by atoms with Crippen molar-refractivity contribution in [1.29, 1.82) is 0 Å². The summed E-state index contributed by atoms with van der Waals surface area (Å²) in [5.41, 5.74) is 0.997. The van der Waals surface area contributed by atoms with E-state index in [1.807, 2.05) is 0 Å².